The van der Waals surface area contributed by atoms with Gasteiger partial charge in [0.1, 0.15) is 0 Å². The summed E-state index contributed by atoms with van der Waals surface area (Å²) in [6, 6.07) is 9.13. The van der Waals surface area contributed by atoms with Gasteiger partial charge in [-0.2, -0.15) is 5.10 Å². The zero-order valence-corrected chi connectivity index (χ0v) is 11.0. The van der Waals surface area contributed by atoms with Crippen LogP contribution in [0.5, 0.6) is 0 Å². The van der Waals surface area contributed by atoms with Gasteiger partial charge in [0.05, 0.1) is 17.8 Å². The predicted molar refractivity (Wildman–Crippen MR) is 75.8 cm³/mol. The molecule has 0 unspecified atom stereocenters. The van der Waals surface area contributed by atoms with E-state index in [1.54, 1.807) is 0 Å². The molecule has 0 aliphatic heterocycles. The molecule has 0 atom stereocenters. The number of rotatable bonds is 3. The lowest BCUT2D eigenvalue weighted by Crippen LogP contribution is -2.34. The van der Waals surface area contributed by atoms with Crippen LogP contribution in [0.25, 0.3) is 10.9 Å². The van der Waals surface area contributed by atoms with E-state index in [9.17, 15) is 9.59 Å². The van der Waals surface area contributed by atoms with E-state index in [-0.39, 0.29) is 12.1 Å². The van der Waals surface area contributed by atoms with Crippen molar-refractivity contribution in [3.05, 3.63) is 63.1 Å². The highest BCUT2D eigenvalue weighted by molar-refractivity contribution is 5.81. The van der Waals surface area contributed by atoms with Crippen molar-refractivity contribution < 1.29 is 0 Å². The van der Waals surface area contributed by atoms with Crippen LogP contribution in [-0.2, 0) is 13.1 Å². The quantitative estimate of drug-likeness (QED) is 0.770. The van der Waals surface area contributed by atoms with Gasteiger partial charge < -0.3 is 4.98 Å². The van der Waals surface area contributed by atoms with Crippen molar-refractivity contribution in [1.29, 1.82) is 0 Å². The summed E-state index contributed by atoms with van der Waals surface area (Å²) in [6.45, 7) is 2.91. The lowest BCUT2D eigenvalue weighted by atomic mass is 10.2. The maximum absolute atomic E-state index is 11.8. The number of aromatic nitrogens is 4. The van der Waals surface area contributed by atoms with E-state index in [2.05, 4.69) is 10.1 Å². The Morgan fingerprint density at radius 2 is 2.00 bits per heavy atom. The van der Waals surface area contributed by atoms with Crippen LogP contribution < -0.4 is 11.2 Å². The summed E-state index contributed by atoms with van der Waals surface area (Å²) < 4.78 is 3.02. The second kappa shape index (κ2) is 4.80. The zero-order chi connectivity index (χ0) is 14.1. The van der Waals surface area contributed by atoms with Gasteiger partial charge in [0.25, 0.3) is 5.56 Å². The first-order valence-electron chi connectivity index (χ1n) is 6.43. The maximum atomic E-state index is 11.8. The molecule has 3 rings (SSSR count). The highest BCUT2D eigenvalue weighted by Crippen LogP contribution is 2.18. The minimum Gasteiger partial charge on any atom is -0.314 e. The van der Waals surface area contributed by atoms with E-state index in [1.807, 2.05) is 35.9 Å². The molecule has 102 valence electrons. The van der Waals surface area contributed by atoms with Crippen molar-refractivity contribution in [2.75, 3.05) is 0 Å². The van der Waals surface area contributed by atoms with Gasteiger partial charge in [0.15, 0.2) is 0 Å². The molecule has 0 saturated heterocycles. The molecule has 3 aromatic rings. The van der Waals surface area contributed by atoms with Crippen LogP contribution in [0.3, 0.4) is 0 Å². The Morgan fingerprint density at radius 1 is 1.20 bits per heavy atom. The Morgan fingerprint density at radius 3 is 2.75 bits per heavy atom. The van der Waals surface area contributed by atoms with Gasteiger partial charge in [0.2, 0.25) is 0 Å². The number of aromatic amines is 1. The number of benzene rings is 1. The summed E-state index contributed by atoms with van der Waals surface area (Å²) in [7, 11) is 0. The van der Waals surface area contributed by atoms with Gasteiger partial charge in [-0.25, -0.2) is 4.79 Å². The van der Waals surface area contributed by atoms with Crippen molar-refractivity contribution in [3.8, 4) is 0 Å². The molecule has 0 aliphatic rings. The summed E-state index contributed by atoms with van der Waals surface area (Å²) in [6.07, 6.45) is 1.35. The number of nitrogens with zero attached hydrogens (tertiary/aromatic N) is 3. The summed E-state index contributed by atoms with van der Waals surface area (Å²) in [5.74, 6) is 0. The molecule has 2 heterocycles. The minimum atomic E-state index is -0.423. The monoisotopic (exact) mass is 270 g/mol. The average Bonchev–Trinajstić information content (AvgIpc) is 2.81. The van der Waals surface area contributed by atoms with Crippen molar-refractivity contribution in [2.45, 2.75) is 20.0 Å². The van der Waals surface area contributed by atoms with E-state index in [0.29, 0.717) is 0 Å². The number of fused-ring (bicyclic) bond motifs is 1. The molecule has 0 bridgehead atoms. The van der Waals surface area contributed by atoms with Gasteiger partial charge in [-0.1, -0.05) is 18.2 Å². The van der Waals surface area contributed by atoms with Crippen molar-refractivity contribution >= 4 is 10.9 Å². The third-order valence-electron chi connectivity index (χ3n) is 3.29. The minimum absolute atomic E-state index is 0.169. The number of nitrogens with one attached hydrogen (secondary N) is 1. The SMILES string of the molecule is CCn1nc(Cn2c(=O)cc[nH]c2=O)c2ccccc21. The second-order valence-electron chi connectivity index (χ2n) is 4.49. The normalized spacial score (nSPS) is 11.1. The smallest absolute Gasteiger partial charge is 0.314 e. The van der Waals surface area contributed by atoms with Crippen LogP contribution in [0.2, 0.25) is 0 Å². The molecule has 6 nitrogen and oxygen atoms in total. The molecule has 2 aromatic heterocycles. The standard InChI is InChI=1S/C14H14N4O2/c1-2-18-12-6-4-3-5-10(12)11(16-18)9-17-13(19)7-8-15-14(17)20/h3-8H,2,9H2,1H3,(H,15,20). The molecule has 1 aromatic carbocycles. The number of H-pyrrole nitrogens is 1. The van der Waals surface area contributed by atoms with E-state index in [1.165, 1.54) is 12.3 Å². The van der Waals surface area contributed by atoms with Crippen LogP contribution in [0, 0.1) is 0 Å². The van der Waals surface area contributed by atoms with Crippen molar-refractivity contribution in [1.82, 2.24) is 19.3 Å². The number of hydrogen-bond acceptors (Lipinski definition) is 3. The summed E-state index contributed by atoms with van der Waals surface area (Å²) in [5.41, 5.74) is 0.975. The van der Waals surface area contributed by atoms with Gasteiger partial charge in [-0.3, -0.25) is 14.0 Å². The first kappa shape index (κ1) is 12.4. The molecule has 0 spiro atoms. The van der Waals surface area contributed by atoms with Crippen LogP contribution in [-0.4, -0.2) is 19.3 Å². The fourth-order valence-corrected chi connectivity index (χ4v) is 2.31. The van der Waals surface area contributed by atoms with Gasteiger partial charge in [-0.05, 0) is 13.0 Å². The Bertz CT molecular complexity index is 844. The van der Waals surface area contributed by atoms with Crippen LogP contribution in [0.15, 0.2) is 46.1 Å². The lowest BCUT2D eigenvalue weighted by molar-refractivity contribution is 0.633. The van der Waals surface area contributed by atoms with E-state index >= 15 is 0 Å². The lowest BCUT2D eigenvalue weighted by Gasteiger charge is -2.01. The van der Waals surface area contributed by atoms with Gasteiger partial charge in [0, 0.05) is 24.2 Å². The van der Waals surface area contributed by atoms with E-state index in [0.717, 1.165) is 27.7 Å². The maximum Gasteiger partial charge on any atom is 0.328 e. The highest BCUT2D eigenvalue weighted by atomic mass is 16.2. The fourth-order valence-electron chi connectivity index (χ4n) is 2.31. The third-order valence-corrected chi connectivity index (χ3v) is 3.29. The Labute approximate surface area is 114 Å². The zero-order valence-electron chi connectivity index (χ0n) is 11.0. The number of para-hydroxylation sites is 1. The van der Waals surface area contributed by atoms with E-state index in [4.69, 9.17) is 0 Å². The average molecular weight is 270 g/mol. The number of aryl methyl sites for hydroxylation is 1. The second-order valence-corrected chi connectivity index (χ2v) is 4.49. The topological polar surface area (TPSA) is 72.7 Å². The van der Waals surface area contributed by atoms with Crippen molar-refractivity contribution in [3.63, 3.8) is 0 Å². The van der Waals surface area contributed by atoms with E-state index < -0.39 is 5.69 Å². The molecule has 20 heavy (non-hydrogen) atoms. The fraction of sp³-hybridized carbons (Fsp3) is 0.214. The van der Waals surface area contributed by atoms with Gasteiger partial charge >= 0.3 is 5.69 Å². The largest absolute Gasteiger partial charge is 0.328 e. The Hall–Kier alpha value is -2.63. The Kier molecular flexibility index (Phi) is 2.98. The molecule has 0 aliphatic carbocycles. The summed E-state index contributed by atoms with van der Waals surface area (Å²) >= 11 is 0. The molecule has 0 radical (unpaired) electrons. The van der Waals surface area contributed by atoms with Crippen LogP contribution in [0.1, 0.15) is 12.6 Å². The third kappa shape index (κ3) is 1.95. The predicted octanol–water partition coefficient (Wildman–Crippen LogP) is 0.954. The highest BCUT2D eigenvalue weighted by Gasteiger charge is 2.11. The molecule has 0 saturated carbocycles. The molecule has 0 fully saturated rings. The summed E-state index contributed by atoms with van der Waals surface area (Å²) in [5, 5.41) is 5.45. The van der Waals surface area contributed by atoms with Crippen LogP contribution in [0.4, 0.5) is 0 Å². The van der Waals surface area contributed by atoms with Crippen LogP contribution >= 0.6 is 0 Å². The molecular formula is C14H14N4O2. The number of hydrogen-bond donors (Lipinski definition) is 1. The molecule has 6 heteroatoms. The van der Waals surface area contributed by atoms with Crippen molar-refractivity contribution in [2.24, 2.45) is 0 Å². The molecule has 0 amide bonds. The summed E-state index contributed by atoms with van der Waals surface area (Å²) in [4.78, 5) is 26.0. The van der Waals surface area contributed by atoms with Gasteiger partial charge in [-0.15, -0.1) is 0 Å². The molecular weight excluding hydrogens is 256 g/mol. The molecule has 1 N–H and O–H groups in total. The Balaban J connectivity index is 2.17. The first-order chi connectivity index (χ1) is 9.70. The first-order valence-corrected chi connectivity index (χ1v) is 6.43.